The number of hydrogen-bond acceptors (Lipinski definition) is 1. The van der Waals surface area contributed by atoms with Crippen LogP contribution in [0.15, 0.2) is 23.8 Å². The summed E-state index contributed by atoms with van der Waals surface area (Å²) in [5.41, 5.74) is 1.28. The van der Waals surface area contributed by atoms with E-state index in [1.807, 2.05) is 6.92 Å². The Bertz CT molecular complexity index is 145. The van der Waals surface area contributed by atoms with E-state index >= 15 is 0 Å². The van der Waals surface area contributed by atoms with Crippen molar-refractivity contribution in [3.63, 3.8) is 0 Å². The summed E-state index contributed by atoms with van der Waals surface area (Å²) in [6.07, 6.45) is 7.39. The zero-order valence-electron chi connectivity index (χ0n) is 5.67. The van der Waals surface area contributed by atoms with Crippen LogP contribution >= 0.6 is 0 Å². The molecule has 0 heterocycles. The second-order valence-corrected chi connectivity index (χ2v) is 2.43. The van der Waals surface area contributed by atoms with Crippen molar-refractivity contribution < 1.29 is 5.11 Å². The van der Waals surface area contributed by atoms with Crippen molar-refractivity contribution >= 4 is 0 Å². The third kappa shape index (κ3) is 1.42. The van der Waals surface area contributed by atoms with Gasteiger partial charge in [0, 0.05) is 12.5 Å². The summed E-state index contributed by atoms with van der Waals surface area (Å²) in [6, 6.07) is 0. The van der Waals surface area contributed by atoms with Gasteiger partial charge in [-0.25, -0.2) is 0 Å². The number of aliphatic hydroxyl groups is 1. The van der Waals surface area contributed by atoms with Gasteiger partial charge in [0.15, 0.2) is 0 Å². The van der Waals surface area contributed by atoms with Crippen LogP contribution in [-0.2, 0) is 0 Å². The van der Waals surface area contributed by atoms with E-state index in [1.165, 1.54) is 5.57 Å². The van der Waals surface area contributed by atoms with Crippen LogP contribution in [0.4, 0.5) is 0 Å². The first-order valence-electron chi connectivity index (χ1n) is 3.32. The van der Waals surface area contributed by atoms with Crippen LogP contribution in [0.5, 0.6) is 0 Å². The third-order valence-electron chi connectivity index (χ3n) is 1.64. The molecule has 0 amide bonds. The zero-order chi connectivity index (χ0) is 6.69. The van der Waals surface area contributed by atoms with Gasteiger partial charge < -0.3 is 5.11 Å². The monoisotopic (exact) mass is 124 g/mol. The second kappa shape index (κ2) is 2.83. The molecule has 0 fully saturated rings. The Hall–Kier alpha value is -0.560. The van der Waals surface area contributed by atoms with Crippen molar-refractivity contribution in [1.82, 2.24) is 0 Å². The molecule has 1 nitrogen and oxygen atoms in total. The molecular formula is C8H12O. The minimum atomic E-state index is 0.260. The quantitative estimate of drug-likeness (QED) is 0.591. The lowest BCUT2D eigenvalue weighted by atomic mass is 10.0. The van der Waals surface area contributed by atoms with Crippen LogP contribution in [0.3, 0.4) is 0 Å². The van der Waals surface area contributed by atoms with Crippen molar-refractivity contribution in [1.29, 1.82) is 0 Å². The van der Waals surface area contributed by atoms with E-state index in [2.05, 4.69) is 18.2 Å². The average Bonchev–Trinajstić information content (AvgIpc) is 2.37. The molecule has 0 aromatic carbocycles. The summed E-state index contributed by atoms with van der Waals surface area (Å²) < 4.78 is 0. The predicted octanol–water partition coefficient (Wildman–Crippen LogP) is 1.50. The Morgan fingerprint density at radius 2 is 2.56 bits per heavy atom. The molecule has 1 heteroatoms. The van der Waals surface area contributed by atoms with Gasteiger partial charge in [-0.2, -0.15) is 0 Å². The molecule has 50 valence electrons. The molecule has 0 bridgehead atoms. The molecule has 1 rings (SSSR count). The Labute approximate surface area is 55.7 Å². The smallest absolute Gasteiger partial charge is 0.0496 e. The van der Waals surface area contributed by atoms with E-state index in [-0.39, 0.29) is 6.61 Å². The molecule has 0 aliphatic heterocycles. The lowest BCUT2D eigenvalue weighted by Gasteiger charge is -2.04. The summed E-state index contributed by atoms with van der Waals surface area (Å²) in [5.74, 6) is 0.323. The fraction of sp³-hybridized carbons (Fsp3) is 0.500. The molecule has 0 saturated carbocycles. The highest BCUT2D eigenvalue weighted by atomic mass is 16.3. The molecule has 1 aliphatic rings. The van der Waals surface area contributed by atoms with Gasteiger partial charge in [0.25, 0.3) is 0 Å². The van der Waals surface area contributed by atoms with Gasteiger partial charge in [0.05, 0.1) is 0 Å². The van der Waals surface area contributed by atoms with Crippen LogP contribution in [-0.4, -0.2) is 11.7 Å². The first kappa shape index (κ1) is 6.56. The van der Waals surface area contributed by atoms with Gasteiger partial charge in [-0.3, -0.25) is 0 Å². The van der Waals surface area contributed by atoms with Crippen molar-refractivity contribution in [3.8, 4) is 0 Å². The fourth-order valence-corrected chi connectivity index (χ4v) is 0.947. The third-order valence-corrected chi connectivity index (χ3v) is 1.64. The maximum absolute atomic E-state index is 8.72. The highest BCUT2D eigenvalue weighted by Gasteiger charge is 2.05. The van der Waals surface area contributed by atoms with Gasteiger partial charge in [-0.05, 0) is 12.0 Å². The molecule has 0 unspecified atom stereocenters. The van der Waals surface area contributed by atoms with Crippen LogP contribution < -0.4 is 0 Å². The van der Waals surface area contributed by atoms with Crippen LogP contribution in [0.1, 0.15) is 13.3 Å². The van der Waals surface area contributed by atoms with Crippen LogP contribution in [0.25, 0.3) is 0 Å². The SMILES string of the molecule is C[C@H](CO)C1=CCC=C1. The largest absolute Gasteiger partial charge is 0.396 e. The normalized spacial score (nSPS) is 20.0. The van der Waals surface area contributed by atoms with Crippen molar-refractivity contribution in [2.45, 2.75) is 13.3 Å². The standard InChI is InChI=1S/C8H12O/c1-7(6-9)8-4-2-3-5-8/h2,4-5,7,9H,3,6H2,1H3/t7-/m1/s1. The molecule has 0 aromatic heterocycles. The minimum absolute atomic E-state index is 0.260. The molecule has 1 aliphatic carbocycles. The maximum atomic E-state index is 8.72. The second-order valence-electron chi connectivity index (χ2n) is 2.43. The molecule has 9 heavy (non-hydrogen) atoms. The highest BCUT2D eigenvalue weighted by molar-refractivity contribution is 5.27. The first-order valence-corrected chi connectivity index (χ1v) is 3.32. The molecule has 0 aromatic rings. The van der Waals surface area contributed by atoms with Gasteiger partial charge in [0.2, 0.25) is 0 Å². The average molecular weight is 124 g/mol. The number of hydrogen-bond donors (Lipinski definition) is 1. The summed E-state index contributed by atoms with van der Waals surface area (Å²) >= 11 is 0. The summed E-state index contributed by atoms with van der Waals surface area (Å²) in [7, 11) is 0. The Balaban J connectivity index is 2.51. The highest BCUT2D eigenvalue weighted by Crippen LogP contribution is 2.17. The van der Waals surface area contributed by atoms with Crippen molar-refractivity contribution in [2.75, 3.05) is 6.61 Å². The Kier molecular flexibility index (Phi) is 2.06. The molecule has 1 atom stereocenters. The van der Waals surface area contributed by atoms with Crippen LogP contribution in [0.2, 0.25) is 0 Å². The van der Waals surface area contributed by atoms with Crippen molar-refractivity contribution in [2.24, 2.45) is 5.92 Å². The van der Waals surface area contributed by atoms with Gasteiger partial charge >= 0.3 is 0 Å². The maximum Gasteiger partial charge on any atom is 0.0496 e. The van der Waals surface area contributed by atoms with Crippen molar-refractivity contribution in [3.05, 3.63) is 23.8 Å². The number of rotatable bonds is 2. The van der Waals surface area contributed by atoms with E-state index in [4.69, 9.17) is 5.11 Å². The lowest BCUT2D eigenvalue weighted by Crippen LogP contribution is -2.00. The van der Waals surface area contributed by atoms with Gasteiger partial charge in [-0.15, -0.1) is 0 Å². The van der Waals surface area contributed by atoms with E-state index < -0.39 is 0 Å². The summed E-state index contributed by atoms with van der Waals surface area (Å²) in [4.78, 5) is 0. The van der Waals surface area contributed by atoms with Crippen LogP contribution in [0, 0.1) is 5.92 Å². The first-order chi connectivity index (χ1) is 4.34. The Morgan fingerprint density at radius 3 is 3.00 bits per heavy atom. The van der Waals surface area contributed by atoms with E-state index in [1.54, 1.807) is 0 Å². The topological polar surface area (TPSA) is 20.2 Å². The summed E-state index contributed by atoms with van der Waals surface area (Å²) in [6.45, 7) is 2.29. The predicted molar refractivity (Wildman–Crippen MR) is 38.1 cm³/mol. The number of allylic oxidation sites excluding steroid dienone is 3. The van der Waals surface area contributed by atoms with E-state index in [9.17, 15) is 0 Å². The van der Waals surface area contributed by atoms with Gasteiger partial charge in [0.1, 0.15) is 0 Å². The zero-order valence-corrected chi connectivity index (χ0v) is 5.67. The Morgan fingerprint density at radius 1 is 1.78 bits per heavy atom. The lowest BCUT2D eigenvalue weighted by molar-refractivity contribution is 0.258. The molecular weight excluding hydrogens is 112 g/mol. The van der Waals surface area contributed by atoms with E-state index in [0.29, 0.717) is 5.92 Å². The summed E-state index contributed by atoms with van der Waals surface area (Å²) in [5, 5.41) is 8.72. The van der Waals surface area contributed by atoms with Gasteiger partial charge in [-0.1, -0.05) is 25.2 Å². The molecule has 0 spiro atoms. The van der Waals surface area contributed by atoms with E-state index in [0.717, 1.165) is 6.42 Å². The molecule has 0 saturated heterocycles. The minimum Gasteiger partial charge on any atom is -0.396 e. The molecule has 0 radical (unpaired) electrons. The fourth-order valence-electron chi connectivity index (χ4n) is 0.947. The molecule has 1 N–H and O–H groups in total. The number of aliphatic hydroxyl groups excluding tert-OH is 1.